The van der Waals surface area contributed by atoms with E-state index in [4.69, 9.17) is 10.7 Å². The Labute approximate surface area is 249 Å². The molecule has 1 amide bonds. The van der Waals surface area contributed by atoms with E-state index in [-0.39, 0.29) is 12.0 Å². The topological polar surface area (TPSA) is 137 Å². The van der Waals surface area contributed by atoms with Gasteiger partial charge in [-0.2, -0.15) is 0 Å². The summed E-state index contributed by atoms with van der Waals surface area (Å²) in [6.45, 7) is 4.31. The first-order valence-electron chi connectivity index (χ1n) is 14.6. The van der Waals surface area contributed by atoms with Crippen molar-refractivity contribution in [3.8, 4) is 11.1 Å². The third-order valence-corrected chi connectivity index (χ3v) is 8.96. The molecule has 0 bridgehead atoms. The molecule has 43 heavy (non-hydrogen) atoms. The maximum absolute atomic E-state index is 13.2. The number of nitrogens with two attached hydrogens (primary N) is 1. The van der Waals surface area contributed by atoms with E-state index in [1.165, 1.54) is 6.07 Å². The van der Waals surface area contributed by atoms with Crippen molar-refractivity contribution in [2.75, 3.05) is 37.6 Å². The van der Waals surface area contributed by atoms with Crippen LogP contribution in [0.15, 0.2) is 78.9 Å². The number of rotatable bonds is 10. The SMILES string of the molecule is NC(=O)C(C(=O)O)c1cccc2c1C(CCCCN1CCN(c3ccc4ccccc4n3)CC1)(C(=O)O)c1ccccc1-2. The third kappa shape index (κ3) is 4.99. The van der Waals surface area contributed by atoms with Crippen molar-refractivity contribution in [1.29, 1.82) is 0 Å². The lowest BCUT2D eigenvalue weighted by Gasteiger charge is -2.36. The average molecular weight is 579 g/mol. The molecule has 0 saturated carbocycles. The second-order valence-electron chi connectivity index (χ2n) is 11.3. The summed E-state index contributed by atoms with van der Waals surface area (Å²) in [6, 6.07) is 24.5. The fourth-order valence-corrected chi connectivity index (χ4v) is 6.89. The number of anilines is 1. The number of unbranched alkanes of at least 4 members (excludes halogenated alkanes) is 1. The quantitative estimate of drug-likeness (QED) is 0.188. The lowest BCUT2D eigenvalue weighted by Crippen LogP contribution is -2.47. The van der Waals surface area contributed by atoms with Gasteiger partial charge in [-0.1, -0.05) is 67.1 Å². The van der Waals surface area contributed by atoms with Crippen molar-refractivity contribution in [3.63, 3.8) is 0 Å². The van der Waals surface area contributed by atoms with E-state index in [9.17, 15) is 24.6 Å². The largest absolute Gasteiger partial charge is 0.480 e. The molecule has 6 rings (SSSR count). The average Bonchev–Trinajstić information content (AvgIpc) is 3.30. The van der Waals surface area contributed by atoms with Gasteiger partial charge in [0.2, 0.25) is 5.91 Å². The number of carbonyl (C=O) groups is 3. The summed E-state index contributed by atoms with van der Waals surface area (Å²) < 4.78 is 0. The number of nitrogens with zero attached hydrogens (tertiary/aromatic N) is 3. The van der Waals surface area contributed by atoms with Crippen molar-refractivity contribution in [3.05, 3.63) is 95.6 Å². The summed E-state index contributed by atoms with van der Waals surface area (Å²) in [6.07, 6.45) is 1.66. The zero-order valence-electron chi connectivity index (χ0n) is 23.8. The number of para-hydroxylation sites is 1. The van der Waals surface area contributed by atoms with Crippen LogP contribution in [-0.2, 0) is 19.8 Å². The minimum absolute atomic E-state index is 0.148. The Hall–Kier alpha value is -4.76. The summed E-state index contributed by atoms with van der Waals surface area (Å²) in [5.74, 6) is -4.14. The Morgan fingerprint density at radius 1 is 0.837 bits per heavy atom. The molecule has 2 unspecified atom stereocenters. The van der Waals surface area contributed by atoms with Gasteiger partial charge in [0, 0.05) is 31.6 Å². The number of hydrogen-bond donors (Lipinski definition) is 3. The van der Waals surface area contributed by atoms with Crippen molar-refractivity contribution < 1.29 is 24.6 Å². The van der Waals surface area contributed by atoms with E-state index in [1.807, 2.05) is 30.3 Å². The van der Waals surface area contributed by atoms with E-state index in [2.05, 4.69) is 28.0 Å². The number of primary amides is 1. The number of aromatic nitrogens is 1. The second-order valence-corrected chi connectivity index (χ2v) is 11.3. The maximum Gasteiger partial charge on any atom is 0.320 e. The van der Waals surface area contributed by atoms with Gasteiger partial charge in [-0.3, -0.25) is 19.3 Å². The summed E-state index contributed by atoms with van der Waals surface area (Å²) in [5.41, 5.74) is 7.55. The standard InChI is InChI=1S/C34H34N4O5/c35-31(39)29(32(40)41)25-11-7-10-24-23-9-2-3-12-26(23)34(30(24)25,33(42)43)16-5-6-17-37-18-20-38(21-19-37)28-15-14-22-8-1-4-13-27(22)36-28/h1-4,7-15,29H,5-6,16-21H2,(H2,35,39)(H,40,41)(H,42,43). The first-order chi connectivity index (χ1) is 20.8. The normalized spacial score (nSPS) is 18.7. The molecule has 4 aromatic rings. The molecule has 4 N–H and O–H groups in total. The van der Waals surface area contributed by atoms with Gasteiger partial charge in [-0.25, -0.2) is 4.98 Å². The van der Waals surface area contributed by atoms with Crippen molar-refractivity contribution >= 4 is 34.6 Å². The molecule has 1 saturated heterocycles. The van der Waals surface area contributed by atoms with Gasteiger partial charge < -0.3 is 20.8 Å². The summed E-state index contributed by atoms with van der Waals surface area (Å²) in [5, 5.41) is 21.8. The van der Waals surface area contributed by atoms with Crippen LogP contribution in [0.4, 0.5) is 5.82 Å². The molecule has 2 heterocycles. The fourth-order valence-electron chi connectivity index (χ4n) is 6.89. The van der Waals surface area contributed by atoms with Crippen molar-refractivity contribution in [1.82, 2.24) is 9.88 Å². The number of carboxylic acids is 2. The van der Waals surface area contributed by atoms with Gasteiger partial charge in [0.05, 0.1) is 5.52 Å². The number of amides is 1. The van der Waals surface area contributed by atoms with Gasteiger partial charge in [-0.05, 0) is 65.4 Å². The molecule has 1 aliphatic heterocycles. The van der Waals surface area contributed by atoms with Crippen LogP contribution >= 0.6 is 0 Å². The summed E-state index contributed by atoms with van der Waals surface area (Å²) in [4.78, 5) is 47.2. The number of fused-ring (bicyclic) bond motifs is 4. The van der Waals surface area contributed by atoms with Crippen LogP contribution in [0.2, 0.25) is 0 Å². The molecule has 2 aliphatic rings. The molecule has 0 radical (unpaired) electrons. The third-order valence-electron chi connectivity index (χ3n) is 8.96. The predicted molar refractivity (Wildman–Crippen MR) is 164 cm³/mol. The van der Waals surface area contributed by atoms with Gasteiger partial charge in [0.1, 0.15) is 11.2 Å². The molecule has 220 valence electrons. The summed E-state index contributed by atoms with van der Waals surface area (Å²) >= 11 is 0. The lowest BCUT2D eigenvalue weighted by molar-refractivity contribution is -0.144. The van der Waals surface area contributed by atoms with E-state index >= 15 is 0 Å². The molecule has 1 aromatic heterocycles. The van der Waals surface area contributed by atoms with E-state index in [0.29, 0.717) is 23.1 Å². The smallest absolute Gasteiger partial charge is 0.320 e. The predicted octanol–water partition coefficient (Wildman–Crippen LogP) is 4.23. The second kappa shape index (κ2) is 11.5. The highest BCUT2D eigenvalue weighted by Gasteiger charge is 2.51. The molecular formula is C34H34N4O5. The van der Waals surface area contributed by atoms with Crippen LogP contribution in [0.1, 0.15) is 41.9 Å². The van der Waals surface area contributed by atoms with Crippen LogP contribution in [0.25, 0.3) is 22.0 Å². The number of hydrogen-bond acceptors (Lipinski definition) is 6. The van der Waals surface area contributed by atoms with Crippen LogP contribution in [0.3, 0.4) is 0 Å². The summed E-state index contributed by atoms with van der Waals surface area (Å²) in [7, 11) is 0. The van der Waals surface area contributed by atoms with Crippen LogP contribution < -0.4 is 10.6 Å². The molecule has 9 nitrogen and oxygen atoms in total. The van der Waals surface area contributed by atoms with Gasteiger partial charge in [-0.15, -0.1) is 0 Å². The maximum atomic E-state index is 13.2. The van der Waals surface area contributed by atoms with Gasteiger partial charge in [0.15, 0.2) is 5.92 Å². The van der Waals surface area contributed by atoms with Crippen LogP contribution in [0, 0.1) is 0 Å². The molecule has 0 spiro atoms. The number of carboxylic acid groups (broad SMARTS) is 2. The fraction of sp³-hybridized carbons (Fsp3) is 0.294. The lowest BCUT2D eigenvalue weighted by atomic mass is 9.71. The number of carbonyl (C=O) groups excluding carboxylic acids is 1. The van der Waals surface area contributed by atoms with E-state index in [0.717, 1.165) is 61.4 Å². The Morgan fingerprint density at radius 2 is 1.56 bits per heavy atom. The Morgan fingerprint density at radius 3 is 2.30 bits per heavy atom. The number of piperazine rings is 1. The Balaban J connectivity index is 1.18. The molecule has 1 aliphatic carbocycles. The van der Waals surface area contributed by atoms with Gasteiger partial charge in [0.25, 0.3) is 0 Å². The monoisotopic (exact) mass is 578 g/mol. The van der Waals surface area contributed by atoms with Crippen LogP contribution in [-0.4, -0.2) is 70.7 Å². The highest BCUT2D eigenvalue weighted by atomic mass is 16.4. The van der Waals surface area contributed by atoms with Crippen molar-refractivity contribution in [2.45, 2.75) is 30.6 Å². The zero-order valence-corrected chi connectivity index (χ0v) is 23.8. The minimum Gasteiger partial charge on any atom is -0.480 e. The highest BCUT2D eigenvalue weighted by Crippen LogP contribution is 2.54. The minimum atomic E-state index is -1.64. The molecule has 3 aromatic carbocycles. The molecule has 1 fully saturated rings. The number of benzene rings is 3. The molecular weight excluding hydrogens is 544 g/mol. The first-order valence-corrected chi connectivity index (χ1v) is 14.6. The van der Waals surface area contributed by atoms with Crippen molar-refractivity contribution in [2.24, 2.45) is 5.73 Å². The van der Waals surface area contributed by atoms with E-state index < -0.39 is 29.2 Å². The van der Waals surface area contributed by atoms with Crippen LogP contribution in [0.5, 0.6) is 0 Å². The molecule has 2 atom stereocenters. The van der Waals surface area contributed by atoms with Gasteiger partial charge >= 0.3 is 11.9 Å². The number of pyridine rings is 1. The Bertz CT molecular complexity index is 1700. The van der Waals surface area contributed by atoms with E-state index in [1.54, 1.807) is 24.3 Å². The first kappa shape index (κ1) is 28.4. The highest BCUT2D eigenvalue weighted by molar-refractivity contribution is 6.05. The Kier molecular flexibility index (Phi) is 7.58. The molecule has 9 heteroatoms. The zero-order chi connectivity index (χ0) is 30.1. The number of aliphatic carboxylic acids is 2.